The molecule has 1 aromatic carbocycles. The Morgan fingerprint density at radius 3 is 2.70 bits per heavy atom. The lowest BCUT2D eigenvalue weighted by Crippen LogP contribution is -2.48. The summed E-state index contributed by atoms with van der Waals surface area (Å²) in [7, 11) is 1.33. The Bertz CT molecular complexity index is 539. The minimum atomic E-state index is -0.502. The van der Waals surface area contributed by atoms with E-state index in [1.807, 2.05) is 20.8 Å². The monoisotopic (exact) mass is 277 g/mol. The molecule has 1 aliphatic rings. The van der Waals surface area contributed by atoms with Gasteiger partial charge >= 0.3 is 5.97 Å². The molecular weight excluding hydrogens is 258 g/mol. The Hall–Kier alpha value is -2.04. The van der Waals surface area contributed by atoms with Gasteiger partial charge in [0.15, 0.2) is 6.10 Å². The molecule has 1 unspecified atom stereocenters. The van der Waals surface area contributed by atoms with Crippen LogP contribution in [0.1, 0.15) is 37.6 Å². The minimum Gasteiger partial charge on any atom is -0.478 e. The third-order valence-electron chi connectivity index (χ3n) is 3.31. The summed E-state index contributed by atoms with van der Waals surface area (Å²) in [5.41, 5.74) is 1.11. The Morgan fingerprint density at radius 2 is 2.15 bits per heavy atom. The van der Waals surface area contributed by atoms with Crippen molar-refractivity contribution in [3.05, 3.63) is 23.8 Å². The van der Waals surface area contributed by atoms with E-state index in [0.29, 0.717) is 23.4 Å². The summed E-state index contributed by atoms with van der Waals surface area (Å²) in [4.78, 5) is 25.6. The highest BCUT2D eigenvalue weighted by molar-refractivity contribution is 6.01. The highest BCUT2D eigenvalue weighted by Gasteiger charge is 2.35. The molecule has 108 valence electrons. The summed E-state index contributed by atoms with van der Waals surface area (Å²) in [5.74, 6) is 0.0892. The number of ether oxygens (including phenoxy) is 2. The van der Waals surface area contributed by atoms with Crippen LogP contribution in [-0.2, 0) is 9.53 Å². The van der Waals surface area contributed by atoms with Crippen LogP contribution < -0.4 is 9.64 Å². The molecule has 1 aromatic rings. The zero-order chi connectivity index (χ0) is 14.9. The quantitative estimate of drug-likeness (QED) is 0.796. The van der Waals surface area contributed by atoms with E-state index in [9.17, 15) is 9.59 Å². The summed E-state index contributed by atoms with van der Waals surface area (Å²) in [6.45, 7) is 5.80. The lowest BCUT2D eigenvalue weighted by atomic mass is 10.1. The summed E-state index contributed by atoms with van der Waals surface area (Å²) >= 11 is 0. The zero-order valence-electron chi connectivity index (χ0n) is 12.2. The largest absolute Gasteiger partial charge is 0.478 e. The number of methoxy groups -OCH3 is 1. The van der Waals surface area contributed by atoms with Gasteiger partial charge < -0.3 is 14.4 Å². The van der Waals surface area contributed by atoms with Gasteiger partial charge in [-0.05, 0) is 38.5 Å². The maximum Gasteiger partial charge on any atom is 0.337 e. The smallest absolute Gasteiger partial charge is 0.337 e. The first-order valence-corrected chi connectivity index (χ1v) is 6.71. The maximum absolute atomic E-state index is 12.3. The lowest BCUT2D eigenvalue weighted by Gasteiger charge is -2.36. The fourth-order valence-electron chi connectivity index (χ4n) is 2.32. The summed E-state index contributed by atoms with van der Waals surface area (Å²) in [6.07, 6.45) is 0.0852. The molecule has 0 fully saturated rings. The van der Waals surface area contributed by atoms with Crippen molar-refractivity contribution < 1.29 is 19.1 Å². The van der Waals surface area contributed by atoms with Crippen LogP contribution in [0.25, 0.3) is 0 Å². The van der Waals surface area contributed by atoms with Gasteiger partial charge in [-0.3, -0.25) is 4.79 Å². The molecule has 0 spiro atoms. The number of esters is 1. The van der Waals surface area contributed by atoms with Crippen molar-refractivity contribution in [2.24, 2.45) is 0 Å². The van der Waals surface area contributed by atoms with Gasteiger partial charge in [0.2, 0.25) is 0 Å². The number of hydrogen-bond donors (Lipinski definition) is 0. The van der Waals surface area contributed by atoms with Gasteiger partial charge in [-0.2, -0.15) is 0 Å². The first kappa shape index (κ1) is 14.4. The average molecular weight is 277 g/mol. The van der Waals surface area contributed by atoms with Crippen molar-refractivity contribution in [1.82, 2.24) is 0 Å². The zero-order valence-corrected chi connectivity index (χ0v) is 12.2. The van der Waals surface area contributed by atoms with Gasteiger partial charge in [-0.15, -0.1) is 0 Å². The molecule has 2 rings (SSSR count). The molecule has 0 bridgehead atoms. The molecule has 0 aliphatic carbocycles. The van der Waals surface area contributed by atoms with E-state index in [4.69, 9.17) is 9.47 Å². The van der Waals surface area contributed by atoms with Gasteiger partial charge in [0, 0.05) is 6.04 Å². The van der Waals surface area contributed by atoms with Gasteiger partial charge in [-0.25, -0.2) is 4.79 Å². The molecule has 1 atom stereocenters. The van der Waals surface area contributed by atoms with Crippen molar-refractivity contribution >= 4 is 17.6 Å². The molecule has 1 heterocycles. The molecule has 1 aliphatic heterocycles. The fourth-order valence-corrected chi connectivity index (χ4v) is 2.32. The number of rotatable bonds is 3. The lowest BCUT2D eigenvalue weighted by molar-refractivity contribution is -0.126. The molecular formula is C15H19NO4. The van der Waals surface area contributed by atoms with Crippen LogP contribution in [-0.4, -0.2) is 31.1 Å². The van der Waals surface area contributed by atoms with Crippen LogP contribution in [0.3, 0.4) is 0 Å². The predicted molar refractivity (Wildman–Crippen MR) is 75.1 cm³/mol. The number of hydrogen-bond acceptors (Lipinski definition) is 4. The number of carbonyl (C=O) groups is 2. The highest BCUT2D eigenvalue weighted by Crippen LogP contribution is 2.36. The highest BCUT2D eigenvalue weighted by atomic mass is 16.5. The van der Waals surface area contributed by atoms with E-state index < -0.39 is 12.1 Å². The topological polar surface area (TPSA) is 55.8 Å². The van der Waals surface area contributed by atoms with Gasteiger partial charge in [0.1, 0.15) is 5.75 Å². The molecule has 0 radical (unpaired) electrons. The van der Waals surface area contributed by atoms with Crippen LogP contribution in [0.15, 0.2) is 18.2 Å². The Labute approximate surface area is 118 Å². The third-order valence-corrected chi connectivity index (χ3v) is 3.31. The second kappa shape index (κ2) is 5.53. The van der Waals surface area contributed by atoms with Crippen LogP contribution in [0.4, 0.5) is 5.69 Å². The molecule has 0 saturated carbocycles. The van der Waals surface area contributed by atoms with E-state index in [1.54, 1.807) is 23.1 Å². The van der Waals surface area contributed by atoms with Crippen LogP contribution in [0.5, 0.6) is 5.75 Å². The average Bonchev–Trinajstić information content (AvgIpc) is 2.44. The van der Waals surface area contributed by atoms with E-state index in [-0.39, 0.29) is 11.9 Å². The number of nitrogens with zero attached hydrogens (tertiary/aromatic N) is 1. The van der Waals surface area contributed by atoms with Crippen LogP contribution in [0.2, 0.25) is 0 Å². The first-order chi connectivity index (χ1) is 9.49. The summed E-state index contributed by atoms with van der Waals surface area (Å²) < 4.78 is 10.4. The van der Waals surface area contributed by atoms with Crippen LogP contribution >= 0.6 is 0 Å². The standard InChI is InChI=1S/C15H19NO4/c1-5-12-14(17)16(9(2)3)11-7-6-10(15(18)19-4)8-13(11)20-12/h6-9,12H,5H2,1-4H3. The number of fused-ring (bicyclic) bond motifs is 1. The van der Waals surface area contributed by atoms with E-state index in [1.165, 1.54) is 7.11 Å². The second-order valence-electron chi connectivity index (χ2n) is 4.99. The Kier molecular flexibility index (Phi) is 3.97. The van der Waals surface area contributed by atoms with Crippen molar-refractivity contribution in [1.29, 1.82) is 0 Å². The van der Waals surface area contributed by atoms with Gasteiger partial charge in [0.25, 0.3) is 5.91 Å². The normalized spacial score (nSPS) is 17.8. The van der Waals surface area contributed by atoms with Crippen molar-refractivity contribution in [3.63, 3.8) is 0 Å². The Balaban J connectivity index is 2.48. The molecule has 0 aromatic heterocycles. The van der Waals surface area contributed by atoms with Gasteiger partial charge in [0.05, 0.1) is 18.4 Å². The molecule has 0 N–H and O–H groups in total. The predicted octanol–water partition coefficient (Wildman–Crippen LogP) is 2.39. The van der Waals surface area contributed by atoms with Gasteiger partial charge in [-0.1, -0.05) is 6.92 Å². The summed E-state index contributed by atoms with van der Waals surface area (Å²) in [5, 5.41) is 0. The number of benzene rings is 1. The number of anilines is 1. The van der Waals surface area contributed by atoms with E-state index >= 15 is 0 Å². The van der Waals surface area contributed by atoms with Crippen molar-refractivity contribution in [2.45, 2.75) is 39.3 Å². The first-order valence-electron chi connectivity index (χ1n) is 6.71. The number of carbonyl (C=O) groups excluding carboxylic acids is 2. The van der Waals surface area contributed by atoms with Crippen molar-refractivity contribution in [2.75, 3.05) is 12.0 Å². The summed E-state index contributed by atoms with van der Waals surface area (Å²) in [6, 6.07) is 5.03. The SMILES string of the molecule is CCC1Oc2cc(C(=O)OC)ccc2N(C(C)C)C1=O. The second-order valence-corrected chi connectivity index (χ2v) is 4.99. The molecule has 20 heavy (non-hydrogen) atoms. The Morgan fingerprint density at radius 1 is 1.45 bits per heavy atom. The molecule has 5 heteroatoms. The van der Waals surface area contributed by atoms with E-state index in [2.05, 4.69) is 0 Å². The van der Waals surface area contributed by atoms with E-state index in [0.717, 1.165) is 0 Å². The minimum absolute atomic E-state index is 0.0307. The molecule has 5 nitrogen and oxygen atoms in total. The fraction of sp³-hybridized carbons (Fsp3) is 0.467. The maximum atomic E-state index is 12.3. The molecule has 0 saturated heterocycles. The number of amides is 1. The van der Waals surface area contributed by atoms with Crippen molar-refractivity contribution in [3.8, 4) is 5.75 Å². The van der Waals surface area contributed by atoms with Crippen LogP contribution in [0, 0.1) is 0 Å². The molecule has 1 amide bonds. The third kappa shape index (κ3) is 2.35.